The highest BCUT2D eigenvalue weighted by atomic mass is 79.9. The monoisotopic (exact) mass is 643 g/mol. The van der Waals surface area contributed by atoms with Gasteiger partial charge >= 0.3 is 0 Å². The zero-order chi connectivity index (χ0) is 28.7. The van der Waals surface area contributed by atoms with Crippen LogP contribution in [0.1, 0.15) is 35.5 Å². The van der Waals surface area contributed by atoms with E-state index < -0.39 is 5.95 Å². The third-order valence-electron chi connectivity index (χ3n) is 7.43. The number of hydrogen-bond donors (Lipinski definition) is 1. The number of ether oxygens (including phenoxy) is 2. The van der Waals surface area contributed by atoms with E-state index in [1.807, 2.05) is 23.4 Å². The van der Waals surface area contributed by atoms with Crippen LogP contribution in [0.4, 0.5) is 4.39 Å². The fourth-order valence-corrected chi connectivity index (χ4v) is 6.15. The Morgan fingerprint density at radius 3 is 2.71 bits per heavy atom. The number of piperazine rings is 1. The van der Waals surface area contributed by atoms with Gasteiger partial charge in [0.2, 0.25) is 5.95 Å². The predicted molar refractivity (Wildman–Crippen MR) is 154 cm³/mol. The van der Waals surface area contributed by atoms with Crippen LogP contribution >= 0.6 is 27.5 Å². The van der Waals surface area contributed by atoms with E-state index in [4.69, 9.17) is 21.1 Å². The molecule has 214 valence electrons. The van der Waals surface area contributed by atoms with Gasteiger partial charge in [-0.2, -0.15) is 4.39 Å². The van der Waals surface area contributed by atoms with Crippen molar-refractivity contribution in [3.8, 4) is 22.6 Å². The Labute approximate surface area is 249 Å². The van der Waals surface area contributed by atoms with E-state index in [1.165, 1.54) is 6.07 Å². The smallest absolute Gasteiger partial charge is 0.256 e. The van der Waals surface area contributed by atoms with Crippen LogP contribution in [0.25, 0.3) is 11.1 Å². The Kier molecular flexibility index (Phi) is 7.71. The Bertz CT molecular complexity index is 1580. The maximum Gasteiger partial charge on any atom is 0.256 e. The standard InChI is InChI=1S/C28H28BrClFN7O3/c1-16-11-36(28(39)22-10-32-9-21(22)19-7-23(30)26-24(8-19)40-5-6-41-26)12-17(2)38(16)15-20-14-37(35-34-20)13-18-3-4-25(31)33-27(18)29/h3-4,7-10,14,16-17,32H,5-6,11-13,15H2,1-2H3/t16-,17+. The summed E-state index contributed by atoms with van der Waals surface area (Å²) in [5.74, 6) is 0.522. The van der Waals surface area contributed by atoms with Crippen molar-refractivity contribution >= 4 is 33.4 Å². The summed E-state index contributed by atoms with van der Waals surface area (Å²) in [5, 5.41) is 9.04. The van der Waals surface area contributed by atoms with Crippen LogP contribution in [0.3, 0.4) is 0 Å². The molecule has 1 saturated heterocycles. The van der Waals surface area contributed by atoms with Crippen molar-refractivity contribution in [2.45, 2.75) is 39.0 Å². The molecule has 13 heteroatoms. The number of amides is 1. The fraction of sp³-hybridized carbons (Fsp3) is 0.357. The molecule has 1 N–H and O–H groups in total. The number of benzene rings is 1. The van der Waals surface area contributed by atoms with Crippen LogP contribution in [0, 0.1) is 5.95 Å². The molecule has 0 aliphatic carbocycles. The molecule has 0 radical (unpaired) electrons. The van der Waals surface area contributed by atoms with Gasteiger partial charge < -0.3 is 19.4 Å². The summed E-state index contributed by atoms with van der Waals surface area (Å²) in [6.07, 6.45) is 5.43. The van der Waals surface area contributed by atoms with Gasteiger partial charge in [-0.25, -0.2) is 9.67 Å². The second-order valence-corrected chi connectivity index (χ2v) is 11.5. The maximum atomic E-state index is 13.8. The first-order valence-electron chi connectivity index (χ1n) is 13.3. The van der Waals surface area contributed by atoms with Gasteiger partial charge in [0.05, 0.1) is 29.0 Å². The lowest BCUT2D eigenvalue weighted by molar-refractivity contribution is 0.0265. The molecule has 0 unspecified atom stereocenters. The predicted octanol–water partition coefficient (Wildman–Crippen LogP) is 4.78. The van der Waals surface area contributed by atoms with E-state index in [0.717, 1.165) is 22.4 Å². The average molecular weight is 645 g/mol. The largest absolute Gasteiger partial charge is 0.486 e. The van der Waals surface area contributed by atoms with Crippen molar-refractivity contribution in [3.05, 3.63) is 75.3 Å². The number of fused-ring (bicyclic) bond motifs is 1. The van der Waals surface area contributed by atoms with Crippen LogP contribution in [0.2, 0.25) is 5.02 Å². The van der Waals surface area contributed by atoms with Gasteiger partial charge in [0.15, 0.2) is 11.5 Å². The maximum absolute atomic E-state index is 13.8. The summed E-state index contributed by atoms with van der Waals surface area (Å²) in [4.78, 5) is 24.9. The summed E-state index contributed by atoms with van der Waals surface area (Å²) in [6.45, 7) is 7.27. The van der Waals surface area contributed by atoms with Gasteiger partial charge in [-0.15, -0.1) is 5.10 Å². The number of aromatic amines is 1. The average Bonchev–Trinajstić information content (AvgIpc) is 3.62. The highest BCUT2D eigenvalue weighted by Crippen LogP contribution is 2.42. The number of aromatic nitrogens is 5. The van der Waals surface area contributed by atoms with Crippen LogP contribution in [0.15, 0.2) is 47.5 Å². The van der Waals surface area contributed by atoms with Crippen LogP contribution in [-0.2, 0) is 13.1 Å². The Morgan fingerprint density at radius 2 is 1.93 bits per heavy atom. The number of carbonyl (C=O) groups is 1. The normalized spacial score (nSPS) is 19.0. The first kappa shape index (κ1) is 27.7. The molecule has 2 aliphatic heterocycles. The molecule has 2 aliphatic rings. The second kappa shape index (κ2) is 11.4. The topological polar surface area (TPSA) is 101 Å². The summed E-state index contributed by atoms with van der Waals surface area (Å²) >= 11 is 9.78. The fourth-order valence-electron chi connectivity index (χ4n) is 5.46. The molecule has 6 rings (SSSR count). The Morgan fingerprint density at radius 1 is 1.15 bits per heavy atom. The highest BCUT2D eigenvalue weighted by molar-refractivity contribution is 9.10. The number of hydrogen-bond acceptors (Lipinski definition) is 7. The van der Waals surface area contributed by atoms with E-state index in [-0.39, 0.29) is 18.0 Å². The van der Waals surface area contributed by atoms with Gasteiger partial charge in [0.25, 0.3) is 5.91 Å². The lowest BCUT2D eigenvalue weighted by atomic mass is 10.0. The number of halogens is 3. The number of nitrogens with zero attached hydrogens (tertiary/aromatic N) is 6. The van der Waals surface area contributed by atoms with Crippen molar-refractivity contribution in [1.82, 2.24) is 34.8 Å². The number of H-pyrrole nitrogens is 1. The van der Waals surface area contributed by atoms with Crippen LogP contribution in [0.5, 0.6) is 11.5 Å². The molecule has 1 amide bonds. The highest BCUT2D eigenvalue weighted by Gasteiger charge is 2.34. The van der Waals surface area contributed by atoms with Gasteiger partial charge in [0.1, 0.15) is 17.8 Å². The Hall–Kier alpha value is -3.48. The zero-order valence-corrected chi connectivity index (χ0v) is 24.8. The van der Waals surface area contributed by atoms with Gasteiger partial charge in [0, 0.05) is 55.2 Å². The summed E-state index contributed by atoms with van der Waals surface area (Å²) < 4.78 is 26.9. The van der Waals surface area contributed by atoms with E-state index in [9.17, 15) is 9.18 Å². The minimum Gasteiger partial charge on any atom is -0.486 e. The van der Waals surface area contributed by atoms with Crippen molar-refractivity contribution in [2.75, 3.05) is 26.3 Å². The van der Waals surface area contributed by atoms with Gasteiger partial charge in [-0.05, 0) is 59.6 Å². The van der Waals surface area contributed by atoms with Gasteiger partial charge in [-0.1, -0.05) is 16.8 Å². The molecule has 10 nitrogen and oxygen atoms in total. The molecule has 4 aromatic rings. The minimum atomic E-state index is -0.541. The second-order valence-electron chi connectivity index (χ2n) is 10.3. The van der Waals surface area contributed by atoms with Gasteiger partial charge in [-0.3, -0.25) is 9.69 Å². The molecule has 3 aromatic heterocycles. The number of carbonyl (C=O) groups excluding carboxylic acids is 1. The SMILES string of the molecule is C[C@@H]1CN(C(=O)c2c[nH]cc2-c2cc(Cl)c3c(c2)OCCO3)C[C@H](C)N1Cc1cn(Cc2ccc(F)nc2Br)nn1. The van der Waals surface area contributed by atoms with Crippen LogP contribution in [-0.4, -0.2) is 79.1 Å². The summed E-state index contributed by atoms with van der Waals surface area (Å²) in [7, 11) is 0. The first-order chi connectivity index (χ1) is 19.8. The molecule has 1 fully saturated rings. The lowest BCUT2D eigenvalue weighted by Gasteiger charge is -2.44. The third-order valence-corrected chi connectivity index (χ3v) is 8.39. The molecule has 0 saturated carbocycles. The first-order valence-corrected chi connectivity index (χ1v) is 14.4. The minimum absolute atomic E-state index is 0.0463. The van der Waals surface area contributed by atoms with E-state index in [2.05, 4.69) is 55.0 Å². The van der Waals surface area contributed by atoms with E-state index in [1.54, 1.807) is 23.0 Å². The van der Waals surface area contributed by atoms with Crippen molar-refractivity contribution in [1.29, 1.82) is 0 Å². The summed E-state index contributed by atoms with van der Waals surface area (Å²) in [5.41, 5.74) is 3.75. The van der Waals surface area contributed by atoms with E-state index >= 15 is 0 Å². The molecular weight excluding hydrogens is 617 g/mol. The van der Waals surface area contributed by atoms with Crippen molar-refractivity contribution in [2.24, 2.45) is 0 Å². The lowest BCUT2D eigenvalue weighted by Crippen LogP contribution is -2.57. The molecule has 5 heterocycles. The van der Waals surface area contributed by atoms with Crippen molar-refractivity contribution in [3.63, 3.8) is 0 Å². The third kappa shape index (κ3) is 5.68. The summed E-state index contributed by atoms with van der Waals surface area (Å²) in [6, 6.07) is 6.85. The molecule has 2 atom stereocenters. The number of rotatable bonds is 6. The quantitative estimate of drug-likeness (QED) is 0.302. The molecule has 1 aromatic carbocycles. The van der Waals surface area contributed by atoms with E-state index in [0.29, 0.717) is 66.1 Å². The molecule has 0 bridgehead atoms. The van der Waals surface area contributed by atoms with Crippen LogP contribution < -0.4 is 9.47 Å². The molecular formula is C28H28BrClFN7O3. The zero-order valence-electron chi connectivity index (χ0n) is 22.5. The number of pyridine rings is 1. The Balaban J connectivity index is 1.13. The molecule has 41 heavy (non-hydrogen) atoms. The molecule has 0 spiro atoms. The number of nitrogens with one attached hydrogen (secondary N) is 1. The van der Waals surface area contributed by atoms with Crippen molar-refractivity contribution < 1.29 is 18.7 Å².